The number of ketones is 1. The third-order valence-electron chi connectivity index (χ3n) is 6.13. The maximum atomic E-state index is 13.2. The Balaban J connectivity index is 2.19. The van der Waals surface area contributed by atoms with Crippen molar-refractivity contribution in [2.24, 2.45) is 0 Å². The number of aryl methyl sites for hydroxylation is 1. The number of benzene rings is 1. The van der Waals surface area contributed by atoms with Crippen LogP contribution in [-0.4, -0.2) is 84.4 Å². The zero-order chi connectivity index (χ0) is 26.7. The van der Waals surface area contributed by atoms with Crippen LogP contribution in [-0.2, 0) is 19.1 Å². The van der Waals surface area contributed by atoms with Crippen molar-refractivity contribution in [3.63, 3.8) is 0 Å². The minimum absolute atomic E-state index is 0.0924. The molecule has 1 saturated heterocycles. The topological polar surface area (TPSA) is 129 Å². The molecule has 1 atom stereocenters. The molecular formula is C26H31N3O7. The number of hydrogen-bond acceptors (Lipinski definition) is 8. The number of carbonyl (C=O) groups excluding carboxylic acids is 4. The molecule has 0 bridgehead atoms. The van der Waals surface area contributed by atoms with Crippen molar-refractivity contribution in [2.45, 2.75) is 26.8 Å². The molecule has 0 saturated carbocycles. The standard InChI is InChI=1S/C26H31N3O7/c1-7-36-26(34)20-14(2)18(15(3)27-20)22(30)19-21(16-8-10-17(11-9-16)25(33)35-6)29(13-12-28(4)5)24(32)23(19)31/h8-11,21,27,30H,7,12-13H2,1-6H3/b22-19+/t21-/m0/s1. The number of methoxy groups -OCH3 is 1. The number of Topliss-reactive ketones (excluding diaryl/α,β-unsaturated/α-hetero) is 1. The summed E-state index contributed by atoms with van der Waals surface area (Å²) in [5.41, 5.74) is 2.04. The molecule has 2 N–H and O–H groups in total. The van der Waals surface area contributed by atoms with E-state index in [0.717, 1.165) is 0 Å². The van der Waals surface area contributed by atoms with Crippen molar-refractivity contribution < 1.29 is 33.8 Å². The van der Waals surface area contributed by atoms with Gasteiger partial charge < -0.3 is 29.4 Å². The summed E-state index contributed by atoms with van der Waals surface area (Å²) in [5.74, 6) is -3.06. The molecule has 0 radical (unpaired) electrons. The molecule has 1 aromatic heterocycles. The van der Waals surface area contributed by atoms with Crippen molar-refractivity contribution >= 4 is 29.4 Å². The van der Waals surface area contributed by atoms with Crippen LogP contribution in [0.15, 0.2) is 29.8 Å². The molecule has 2 aromatic rings. The minimum atomic E-state index is -0.892. The maximum absolute atomic E-state index is 13.2. The summed E-state index contributed by atoms with van der Waals surface area (Å²) in [6.45, 7) is 5.87. The highest BCUT2D eigenvalue weighted by atomic mass is 16.5. The van der Waals surface area contributed by atoms with Crippen LogP contribution in [0.3, 0.4) is 0 Å². The van der Waals surface area contributed by atoms with Gasteiger partial charge in [0.1, 0.15) is 11.5 Å². The van der Waals surface area contributed by atoms with Crippen molar-refractivity contribution in [1.29, 1.82) is 0 Å². The number of amides is 1. The predicted octanol–water partition coefficient (Wildman–Crippen LogP) is 2.58. The van der Waals surface area contributed by atoms with Crippen LogP contribution in [0.4, 0.5) is 0 Å². The van der Waals surface area contributed by atoms with Crippen LogP contribution in [0.5, 0.6) is 0 Å². The van der Waals surface area contributed by atoms with Crippen molar-refractivity contribution in [1.82, 2.24) is 14.8 Å². The van der Waals surface area contributed by atoms with Gasteiger partial charge in [-0.1, -0.05) is 12.1 Å². The maximum Gasteiger partial charge on any atom is 0.355 e. The Bertz CT molecular complexity index is 1220. The second kappa shape index (κ2) is 10.8. The Morgan fingerprint density at radius 1 is 1.11 bits per heavy atom. The molecule has 2 heterocycles. The number of hydrogen-bond donors (Lipinski definition) is 2. The minimum Gasteiger partial charge on any atom is -0.507 e. The van der Waals surface area contributed by atoms with E-state index in [1.54, 1.807) is 45.0 Å². The van der Waals surface area contributed by atoms with Crippen LogP contribution in [0.25, 0.3) is 5.76 Å². The number of likely N-dealkylation sites (N-methyl/N-ethyl adjacent to an activating group) is 1. The number of esters is 2. The van der Waals surface area contributed by atoms with E-state index in [0.29, 0.717) is 28.9 Å². The van der Waals surface area contributed by atoms with Crippen LogP contribution in [0, 0.1) is 13.8 Å². The highest BCUT2D eigenvalue weighted by Crippen LogP contribution is 2.40. The van der Waals surface area contributed by atoms with Gasteiger partial charge in [0.25, 0.3) is 11.7 Å². The zero-order valence-corrected chi connectivity index (χ0v) is 21.3. The molecule has 10 nitrogen and oxygen atoms in total. The van der Waals surface area contributed by atoms with Gasteiger partial charge in [-0.15, -0.1) is 0 Å². The molecule has 1 aromatic carbocycles. The SMILES string of the molecule is CCOC(=O)c1[nH]c(C)c(/C(O)=C2\C(=O)C(=O)N(CCN(C)C)[C@H]2c2ccc(C(=O)OC)cc2)c1C. The van der Waals surface area contributed by atoms with E-state index < -0.39 is 29.7 Å². The highest BCUT2D eigenvalue weighted by molar-refractivity contribution is 6.46. The lowest BCUT2D eigenvalue weighted by molar-refractivity contribution is -0.140. The third kappa shape index (κ3) is 4.90. The van der Waals surface area contributed by atoms with Gasteiger partial charge in [0.05, 0.1) is 30.9 Å². The number of aromatic amines is 1. The summed E-state index contributed by atoms with van der Waals surface area (Å²) >= 11 is 0. The van der Waals surface area contributed by atoms with Crippen molar-refractivity contribution in [3.05, 3.63) is 63.5 Å². The lowest BCUT2D eigenvalue weighted by atomic mass is 9.93. The van der Waals surface area contributed by atoms with Crippen molar-refractivity contribution in [3.8, 4) is 0 Å². The second-order valence-corrected chi connectivity index (χ2v) is 8.75. The highest BCUT2D eigenvalue weighted by Gasteiger charge is 2.46. The first kappa shape index (κ1) is 26.7. The van der Waals surface area contributed by atoms with Gasteiger partial charge in [-0.2, -0.15) is 0 Å². The van der Waals surface area contributed by atoms with Crippen molar-refractivity contribution in [2.75, 3.05) is 40.9 Å². The smallest absolute Gasteiger partial charge is 0.355 e. The monoisotopic (exact) mass is 497 g/mol. The normalized spacial score (nSPS) is 17.1. The van der Waals surface area contributed by atoms with Gasteiger partial charge in [-0.3, -0.25) is 9.59 Å². The number of likely N-dealkylation sites (tertiary alicyclic amines) is 1. The zero-order valence-electron chi connectivity index (χ0n) is 21.3. The van der Waals surface area contributed by atoms with Gasteiger partial charge in [-0.25, -0.2) is 9.59 Å². The summed E-state index contributed by atoms with van der Waals surface area (Å²) in [6.07, 6.45) is 0. The number of ether oxygens (including phenoxy) is 2. The molecular weight excluding hydrogens is 466 g/mol. The van der Waals surface area contributed by atoms with E-state index in [2.05, 4.69) is 4.98 Å². The van der Waals surface area contributed by atoms with Gasteiger partial charge >= 0.3 is 11.9 Å². The van der Waals surface area contributed by atoms with Crippen LogP contribution >= 0.6 is 0 Å². The van der Waals surface area contributed by atoms with Gasteiger partial charge in [-0.05, 0) is 58.1 Å². The number of aromatic nitrogens is 1. The number of nitrogens with zero attached hydrogens (tertiary/aromatic N) is 2. The first-order valence-electron chi connectivity index (χ1n) is 11.5. The molecule has 192 valence electrons. The quantitative estimate of drug-likeness (QED) is 0.246. The Hall–Kier alpha value is -3.92. The van der Waals surface area contributed by atoms with Gasteiger partial charge in [0.2, 0.25) is 0 Å². The van der Waals surface area contributed by atoms with E-state index in [1.807, 2.05) is 19.0 Å². The van der Waals surface area contributed by atoms with E-state index in [-0.39, 0.29) is 35.7 Å². The van der Waals surface area contributed by atoms with Gasteiger partial charge in [0.15, 0.2) is 0 Å². The molecule has 1 aliphatic rings. The number of rotatable bonds is 8. The number of nitrogens with one attached hydrogen (secondary N) is 1. The Kier molecular flexibility index (Phi) is 7.99. The van der Waals surface area contributed by atoms with Crippen LogP contribution in [0.2, 0.25) is 0 Å². The predicted molar refractivity (Wildman–Crippen MR) is 132 cm³/mol. The Labute approximate surface area is 209 Å². The fourth-order valence-corrected chi connectivity index (χ4v) is 4.33. The first-order chi connectivity index (χ1) is 17.0. The van der Waals surface area contributed by atoms with E-state index >= 15 is 0 Å². The third-order valence-corrected chi connectivity index (χ3v) is 6.13. The molecule has 10 heteroatoms. The molecule has 0 unspecified atom stereocenters. The fourth-order valence-electron chi connectivity index (χ4n) is 4.33. The fraction of sp³-hybridized carbons (Fsp3) is 0.385. The Morgan fingerprint density at radius 2 is 1.75 bits per heavy atom. The summed E-state index contributed by atoms with van der Waals surface area (Å²) in [4.78, 5) is 56.8. The van der Waals surface area contributed by atoms with Crippen LogP contribution < -0.4 is 0 Å². The van der Waals surface area contributed by atoms with E-state index in [4.69, 9.17) is 9.47 Å². The van der Waals surface area contributed by atoms with E-state index in [1.165, 1.54) is 12.0 Å². The molecule has 1 aliphatic heterocycles. The summed E-state index contributed by atoms with van der Waals surface area (Å²) in [5, 5.41) is 11.4. The molecule has 3 rings (SSSR count). The summed E-state index contributed by atoms with van der Waals surface area (Å²) in [6, 6.07) is 5.44. The first-order valence-corrected chi connectivity index (χ1v) is 11.5. The van der Waals surface area contributed by atoms with Gasteiger partial charge in [0, 0.05) is 24.3 Å². The molecule has 0 aliphatic carbocycles. The molecule has 1 amide bonds. The van der Waals surface area contributed by atoms with E-state index in [9.17, 15) is 24.3 Å². The average molecular weight is 498 g/mol. The molecule has 1 fully saturated rings. The summed E-state index contributed by atoms with van der Waals surface area (Å²) in [7, 11) is 4.97. The molecule has 36 heavy (non-hydrogen) atoms. The lowest BCUT2D eigenvalue weighted by Crippen LogP contribution is -2.35. The van der Waals surface area contributed by atoms with Crippen LogP contribution in [0.1, 0.15) is 56.2 Å². The second-order valence-electron chi connectivity index (χ2n) is 8.75. The lowest BCUT2D eigenvalue weighted by Gasteiger charge is -2.26. The number of H-pyrrole nitrogens is 1. The largest absolute Gasteiger partial charge is 0.507 e. The number of carbonyl (C=O) groups is 4. The number of aliphatic hydroxyl groups excluding tert-OH is 1. The number of aliphatic hydroxyl groups is 1. The summed E-state index contributed by atoms with van der Waals surface area (Å²) < 4.78 is 9.83. The average Bonchev–Trinajstić information content (AvgIpc) is 3.29. The molecule has 0 spiro atoms. The Morgan fingerprint density at radius 3 is 2.31 bits per heavy atom.